The van der Waals surface area contributed by atoms with Gasteiger partial charge in [-0.1, -0.05) is 37.3 Å². The van der Waals surface area contributed by atoms with Crippen molar-refractivity contribution < 1.29 is 0 Å². The van der Waals surface area contributed by atoms with Crippen LogP contribution in [0, 0.1) is 5.92 Å². The first-order chi connectivity index (χ1) is 13.6. The molecule has 0 aliphatic carbocycles. The second kappa shape index (κ2) is 10.8. The van der Waals surface area contributed by atoms with E-state index >= 15 is 0 Å². The molecule has 0 bridgehead atoms. The first kappa shape index (κ1) is 21.1. The van der Waals surface area contributed by atoms with Crippen molar-refractivity contribution in [3.05, 3.63) is 35.9 Å². The monoisotopic (exact) mass is 385 g/mol. The number of likely N-dealkylation sites (tertiary alicyclic amines) is 2. The molecule has 2 saturated heterocycles. The lowest BCUT2D eigenvalue weighted by atomic mass is 9.98. The minimum absolute atomic E-state index is 0.518. The molecule has 156 valence electrons. The number of nitrogens with one attached hydrogen (secondary N) is 2. The number of nitrogens with zero attached hydrogens (tertiary/aromatic N) is 3. The van der Waals surface area contributed by atoms with Crippen LogP contribution in [0.15, 0.2) is 35.3 Å². The van der Waals surface area contributed by atoms with Gasteiger partial charge < -0.3 is 10.6 Å². The fourth-order valence-electron chi connectivity index (χ4n) is 4.31. The van der Waals surface area contributed by atoms with E-state index in [9.17, 15) is 0 Å². The SMILES string of the molecule is CN=C(NCC(C)N1CCC(C)CC1)NC1CCN(Cc2ccccc2)CC1. The highest BCUT2D eigenvalue weighted by atomic mass is 15.2. The van der Waals surface area contributed by atoms with Gasteiger partial charge in [0.2, 0.25) is 0 Å². The average molecular weight is 386 g/mol. The second-order valence-corrected chi connectivity index (χ2v) is 8.70. The molecule has 0 amide bonds. The third-order valence-electron chi connectivity index (χ3n) is 6.41. The van der Waals surface area contributed by atoms with Gasteiger partial charge in [-0.3, -0.25) is 14.8 Å². The molecule has 2 aliphatic heterocycles. The molecule has 0 radical (unpaired) electrons. The van der Waals surface area contributed by atoms with Crippen LogP contribution < -0.4 is 10.6 Å². The topological polar surface area (TPSA) is 42.9 Å². The van der Waals surface area contributed by atoms with Gasteiger partial charge in [0.25, 0.3) is 0 Å². The van der Waals surface area contributed by atoms with Crippen molar-refractivity contribution in [2.24, 2.45) is 10.9 Å². The van der Waals surface area contributed by atoms with Crippen LogP contribution in [0.1, 0.15) is 45.1 Å². The molecule has 0 aromatic heterocycles. The van der Waals surface area contributed by atoms with Gasteiger partial charge in [-0.25, -0.2) is 0 Å². The van der Waals surface area contributed by atoms with E-state index in [-0.39, 0.29) is 0 Å². The molecule has 2 N–H and O–H groups in total. The van der Waals surface area contributed by atoms with E-state index in [0.717, 1.165) is 38.1 Å². The lowest BCUT2D eigenvalue weighted by Crippen LogP contribution is -2.51. The van der Waals surface area contributed by atoms with Crippen LogP contribution in [0.2, 0.25) is 0 Å². The van der Waals surface area contributed by atoms with Crippen LogP contribution in [-0.4, -0.2) is 67.6 Å². The van der Waals surface area contributed by atoms with E-state index in [1.165, 1.54) is 44.3 Å². The number of benzene rings is 1. The summed E-state index contributed by atoms with van der Waals surface area (Å²) in [5.41, 5.74) is 1.41. The summed E-state index contributed by atoms with van der Waals surface area (Å²) in [6.45, 7) is 11.5. The average Bonchev–Trinajstić information content (AvgIpc) is 2.73. The zero-order valence-corrected chi connectivity index (χ0v) is 18.0. The molecule has 5 heteroatoms. The highest BCUT2D eigenvalue weighted by molar-refractivity contribution is 5.80. The van der Waals surface area contributed by atoms with Gasteiger partial charge in [0.1, 0.15) is 0 Å². The third-order valence-corrected chi connectivity index (χ3v) is 6.41. The lowest BCUT2D eigenvalue weighted by molar-refractivity contribution is 0.147. The van der Waals surface area contributed by atoms with Crippen molar-refractivity contribution >= 4 is 5.96 Å². The zero-order valence-electron chi connectivity index (χ0n) is 18.0. The maximum Gasteiger partial charge on any atom is 0.191 e. The number of hydrogen-bond acceptors (Lipinski definition) is 3. The molecular formula is C23H39N5. The summed E-state index contributed by atoms with van der Waals surface area (Å²) >= 11 is 0. The van der Waals surface area contributed by atoms with Gasteiger partial charge in [0, 0.05) is 45.3 Å². The van der Waals surface area contributed by atoms with Crippen LogP contribution in [0.3, 0.4) is 0 Å². The van der Waals surface area contributed by atoms with Gasteiger partial charge in [-0.2, -0.15) is 0 Å². The van der Waals surface area contributed by atoms with Crippen LogP contribution in [0.5, 0.6) is 0 Å². The fraction of sp³-hybridized carbons (Fsp3) is 0.696. The summed E-state index contributed by atoms with van der Waals surface area (Å²) in [7, 11) is 1.88. The van der Waals surface area contributed by atoms with Gasteiger partial charge >= 0.3 is 0 Å². The molecule has 0 saturated carbocycles. The Bertz CT molecular complexity index is 586. The Kier molecular flexibility index (Phi) is 8.16. The van der Waals surface area contributed by atoms with Gasteiger partial charge in [0.05, 0.1) is 0 Å². The molecule has 28 heavy (non-hydrogen) atoms. The molecule has 1 aromatic carbocycles. The summed E-state index contributed by atoms with van der Waals surface area (Å²) in [4.78, 5) is 9.63. The van der Waals surface area contributed by atoms with Crippen LogP contribution in [-0.2, 0) is 6.54 Å². The van der Waals surface area contributed by atoms with Crippen LogP contribution >= 0.6 is 0 Å². The summed E-state index contributed by atoms with van der Waals surface area (Å²) in [5, 5.41) is 7.21. The van der Waals surface area contributed by atoms with Crippen molar-refractivity contribution in [2.45, 2.75) is 58.2 Å². The van der Waals surface area contributed by atoms with Gasteiger partial charge in [-0.05, 0) is 57.2 Å². The molecule has 3 rings (SSSR count). The Balaban J connectivity index is 1.36. The molecule has 0 spiro atoms. The lowest BCUT2D eigenvalue weighted by Gasteiger charge is -2.36. The van der Waals surface area contributed by atoms with Crippen molar-refractivity contribution in [1.29, 1.82) is 0 Å². The summed E-state index contributed by atoms with van der Waals surface area (Å²) < 4.78 is 0. The highest BCUT2D eigenvalue weighted by Crippen LogP contribution is 2.18. The maximum absolute atomic E-state index is 4.46. The number of hydrogen-bond donors (Lipinski definition) is 2. The van der Waals surface area contributed by atoms with Crippen LogP contribution in [0.4, 0.5) is 0 Å². The summed E-state index contributed by atoms with van der Waals surface area (Å²) in [6, 6.07) is 11.9. The highest BCUT2D eigenvalue weighted by Gasteiger charge is 2.22. The Morgan fingerprint density at radius 2 is 1.75 bits per heavy atom. The van der Waals surface area contributed by atoms with E-state index in [1.54, 1.807) is 0 Å². The smallest absolute Gasteiger partial charge is 0.191 e. The van der Waals surface area contributed by atoms with E-state index in [0.29, 0.717) is 12.1 Å². The van der Waals surface area contributed by atoms with E-state index in [2.05, 4.69) is 69.6 Å². The zero-order chi connectivity index (χ0) is 19.8. The molecule has 1 aromatic rings. The minimum Gasteiger partial charge on any atom is -0.355 e. The minimum atomic E-state index is 0.518. The molecule has 1 atom stereocenters. The summed E-state index contributed by atoms with van der Waals surface area (Å²) in [6.07, 6.45) is 5.01. The Labute approximate surface area is 171 Å². The van der Waals surface area contributed by atoms with Gasteiger partial charge in [-0.15, -0.1) is 0 Å². The first-order valence-electron chi connectivity index (χ1n) is 11.1. The maximum atomic E-state index is 4.46. The fourth-order valence-corrected chi connectivity index (χ4v) is 4.31. The third kappa shape index (κ3) is 6.49. The van der Waals surface area contributed by atoms with Crippen molar-refractivity contribution in [3.8, 4) is 0 Å². The number of guanidine groups is 1. The first-order valence-corrected chi connectivity index (χ1v) is 11.1. The van der Waals surface area contributed by atoms with E-state index in [4.69, 9.17) is 0 Å². The number of aliphatic imine (C=N–C) groups is 1. The largest absolute Gasteiger partial charge is 0.355 e. The Hall–Kier alpha value is -1.59. The number of piperidine rings is 2. The van der Waals surface area contributed by atoms with E-state index < -0.39 is 0 Å². The second-order valence-electron chi connectivity index (χ2n) is 8.70. The summed E-state index contributed by atoms with van der Waals surface area (Å²) in [5.74, 6) is 1.84. The molecule has 2 heterocycles. The van der Waals surface area contributed by atoms with E-state index in [1.807, 2.05) is 7.05 Å². The van der Waals surface area contributed by atoms with Crippen molar-refractivity contribution in [2.75, 3.05) is 39.8 Å². The Morgan fingerprint density at radius 3 is 2.39 bits per heavy atom. The molecule has 5 nitrogen and oxygen atoms in total. The standard InChI is InChI=1S/C23H39N5/c1-19-9-15-28(16-10-19)20(2)17-25-23(24-3)26-22-11-13-27(14-12-22)18-21-7-5-4-6-8-21/h4-8,19-20,22H,9-18H2,1-3H3,(H2,24,25,26). The quantitative estimate of drug-likeness (QED) is 0.584. The van der Waals surface area contributed by atoms with Crippen LogP contribution in [0.25, 0.3) is 0 Å². The normalized spacial score (nSPS) is 22.2. The van der Waals surface area contributed by atoms with Crippen molar-refractivity contribution in [3.63, 3.8) is 0 Å². The Morgan fingerprint density at radius 1 is 1.07 bits per heavy atom. The molecule has 1 unspecified atom stereocenters. The predicted molar refractivity (Wildman–Crippen MR) is 119 cm³/mol. The van der Waals surface area contributed by atoms with Crippen molar-refractivity contribution in [1.82, 2.24) is 20.4 Å². The molecule has 2 aliphatic rings. The molecular weight excluding hydrogens is 346 g/mol. The predicted octanol–water partition coefficient (Wildman–Crippen LogP) is 2.94. The van der Waals surface area contributed by atoms with Gasteiger partial charge in [0.15, 0.2) is 5.96 Å². The number of rotatable bonds is 6. The molecule has 2 fully saturated rings.